The third-order valence-corrected chi connectivity index (χ3v) is 4.19. The number of nitrogens with zero attached hydrogens (tertiary/aromatic N) is 1. The number of carboxylic acids is 1. The van der Waals surface area contributed by atoms with Gasteiger partial charge in [0, 0.05) is 13.1 Å². The van der Waals surface area contributed by atoms with Crippen LogP contribution in [0.5, 0.6) is 5.75 Å². The summed E-state index contributed by atoms with van der Waals surface area (Å²) in [6.45, 7) is 2.06. The third-order valence-electron chi connectivity index (χ3n) is 4.19. The first-order chi connectivity index (χ1) is 10.9. The molecule has 1 amide bonds. The van der Waals surface area contributed by atoms with Crippen molar-refractivity contribution >= 4 is 11.9 Å². The number of ether oxygens (including phenoxy) is 1. The molecule has 0 spiro atoms. The van der Waals surface area contributed by atoms with Gasteiger partial charge in [0.15, 0.2) is 11.6 Å². The molecule has 126 valence electrons. The maximum atomic E-state index is 14.2. The Bertz CT molecular complexity index is 620. The van der Waals surface area contributed by atoms with Crippen LogP contribution in [0.4, 0.5) is 8.78 Å². The second-order valence-electron chi connectivity index (χ2n) is 5.64. The summed E-state index contributed by atoms with van der Waals surface area (Å²) in [5, 5.41) is 9.27. The Labute approximate surface area is 132 Å². The number of methoxy groups -OCH3 is 1. The highest BCUT2D eigenvalue weighted by Gasteiger charge is 2.40. The van der Waals surface area contributed by atoms with Gasteiger partial charge in [-0.3, -0.25) is 9.59 Å². The van der Waals surface area contributed by atoms with E-state index in [1.165, 1.54) is 12.0 Å². The first-order valence-electron chi connectivity index (χ1n) is 7.44. The third kappa shape index (κ3) is 3.28. The maximum Gasteiger partial charge on any atom is 0.308 e. The summed E-state index contributed by atoms with van der Waals surface area (Å²) in [5.41, 5.74) is -0.703. The van der Waals surface area contributed by atoms with E-state index in [9.17, 15) is 23.5 Å². The van der Waals surface area contributed by atoms with Crippen LogP contribution in [0.2, 0.25) is 0 Å². The van der Waals surface area contributed by atoms with E-state index in [2.05, 4.69) is 0 Å². The molecular formula is C16H19F2NO4. The van der Waals surface area contributed by atoms with Crippen molar-refractivity contribution in [3.8, 4) is 5.75 Å². The molecule has 5 nitrogen and oxygen atoms in total. The van der Waals surface area contributed by atoms with E-state index in [0.29, 0.717) is 6.42 Å². The average molecular weight is 327 g/mol. The number of hydrogen-bond acceptors (Lipinski definition) is 3. The Morgan fingerprint density at radius 3 is 2.61 bits per heavy atom. The minimum Gasteiger partial charge on any atom is -0.494 e. The molecular weight excluding hydrogens is 308 g/mol. The topological polar surface area (TPSA) is 66.8 Å². The Morgan fingerprint density at radius 2 is 2.04 bits per heavy atom. The zero-order chi connectivity index (χ0) is 17.1. The predicted molar refractivity (Wildman–Crippen MR) is 78.3 cm³/mol. The van der Waals surface area contributed by atoms with Crippen molar-refractivity contribution in [2.75, 3.05) is 20.2 Å². The van der Waals surface area contributed by atoms with Gasteiger partial charge in [0.25, 0.3) is 5.91 Å². The summed E-state index contributed by atoms with van der Waals surface area (Å²) >= 11 is 0. The Morgan fingerprint density at radius 1 is 1.35 bits per heavy atom. The van der Waals surface area contributed by atoms with Crippen LogP contribution in [0.3, 0.4) is 0 Å². The number of halogens is 2. The number of amides is 1. The lowest BCUT2D eigenvalue weighted by atomic mass is 9.92. The van der Waals surface area contributed by atoms with Gasteiger partial charge in [-0.25, -0.2) is 8.78 Å². The molecule has 7 heteroatoms. The molecule has 1 heterocycles. The smallest absolute Gasteiger partial charge is 0.308 e. The first-order valence-corrected chi connectivity index (χ1v) is 7.44. The van der Waals surface area contributed by atoms with Crippen LogP contribution in [0.1, 0.15) is 30.1 Å². The number of benzene rings is 1. The van der Waals surface area contributed by atoms with E-state index in [1.54, 1.807) is 0 Å². The number of carboxylic acid groups (broad SMARTS) is 1. The standard InChI is InChI=1S/C16H19F2NO4/c1-3-4-9-7-19(8-10(9)16(21)22)15(20)13-11(17)5-6-12(23-2)14(13)18/h5-6,9-10H,3-4,7-8H2,1-2H3,(H,21,22)/t9-,10-/m1/s1. The zero-order valence-electron chi connectivity index (χ0n) is 13.0. The number of likely N-dealkylation sites (tertiary alicyclic amines) is 1. The lowest BCUT2D eigenvalue weighted by Gasteiger charge is -2.18. The van der Waals surface area contributed by atoms with Gasteiger partial charge in [-0.1, -0.05) is 13.3 Å². The molecule has 1 N–H and O–H groups in total. The highest BCUT2D eigenvalue weighted by Crippen LogP contribution is 2.31. The maximum absolute atomic E-state index is 14.2. The van der Waals surface area contributed by atoms with Gasteiger partial charge in [0.1, 0.15) is 11.4 Å². The largest absolute Gasteiger partial charge is 0.494 e. The minimum atomic E-state index is -1.07. The van der Waals surface area contributed by atoms with Crippen molar-refractivity contribution in [2.45, 2.75) is 19.8 Å². The fourth-order valence-electron chi connectivity index (χ4n) is 3.03. The number of rotatable bonds is 5. The molecule has 1 aromatic rings. The van der Waals surface area contributed by atoms with Crippen molar-refractivity contribution in [3.63, 3.8) is 0 Å². The second-order valence-corrected chi connectivity index (χ2v) is 5.64. The predicted octanol–water partition coefficient (Wildman–Crippen LogP) is 2.55. The average Bonchev–Trinajstić information content (AvgIpc) is 2.92. The highest BCUT2D eigenvalue weighted by molar-refractivity contribution is 5.96. The zero-order valence-corrected chi connectivity index (χ0v) is 13.0. The fraction of sp³-hybridized carbons (Fsp3) is 0.500. The Hall–Kier alpha value is -2.18. The number of carbonyl (C=O) groups is 2. The number of carbonyl (C=O) groups excluding carboxylic acids is 1. The van der Waals surface area contributed by atoms with Gasteiger partial charge < -0.3 is 14.7 Å². The molecule has 2 rings (SSSR count). The van der Waals surface area contributed by atoms with Crippen LogP contribution in [0, 0.1) is 23.5 Å². The fourth-order valence-corrected chi connectivity index (χ4v) is 3.03. The normalized spacial score (nSPS) is 20.6. The van der Waals surface area contributed by atoms with Crippen molar-refractivity contribution < 1.29 is 28.2 Å². The molecule has 1 aliphatic rings. The quantitative estimate of drug-likeness (QED) is 0.902. The lowest BCUT2D eigenvalue weighted by Crippen LogP contribution is -2.31. The van der Waals surface area contributed by atoms with Crippen molar-refractivity contribution in [1.29, 1.82) is 0 Å². The van der Waals surface area contributed by atoms with Gasteiger partial charge >= 0.3 is 5.97 Å². The van der Waals surface area contributed by atoms with E-state index in [4.69, 9.17) is 4.74 Å². The monoisotopic (exact) mass is 327 g/mol. The summed E-state index contributed by atoms with van der Waals surface area (Å²) in [6.07, 6.45) is 1.42. The summed E-state index contributed by atoms with van der Waals surface area (Å²) in [7, 11) is 1.22. The molecule has 0 aromatic heterocycles. The summed E-state index contributed by atoms with van der Waals surface area (Å²) < 4.78 is 32.9. The van der Waals surface area contributed by atoms with Gasteiger partial charge in [-0.05, 0) is 24.5 Å². The van der Waals surface area contributed by atoms with Crippen LogP contribution in [-0.2, 0) is 4.79 Å². The number of aliphatic carboxylic acids is 1. The minimum absolute atomic E-state index is 0.0467. The van der Waals surface area contributed by atoms with E-state index < -0.39 is 35.0 Å². The van der Waals surface area contributed by atoms with Crippen molar-refractivity contribution in [2.24, 2.45) is 11.8 Å². The summed E-state index contributed by atoms with van der Waals surface area (Å²) in [6, 6.07) is 2.06. The molecule has 1 fully saturated rings. The molecule has 1 aromatic carbocycles. The Balaban J connectivity index is 2.30. The molecule has 0 unspecified atom stereocenters. The van der Waals surface area contributed by atoms with Crippen LogP contribution in [0.15, 0.2) is 12.1 Å². The van der Waals surface area contributed by atoms with Gasteiger partial charge in [-0.15, -0.1) is 0 Å². The van der Waals surface area contributed by atoms with Crippen molar-refractivity contribution in [1.82, 2.24) is 4.90 Å². The highest BCUT2D eigenvalue weighted by atomic mass is 19.1. The number of hydrogen-bond donors (Lipinski definition) is 1. The molecule has 1 aliphatic heterocycles. The SMILES string of the molecule is CCC[C@@H]1CN(C(=O)c2c(F)ccc(OC)c2F)C[C@H]1C(=O)O. The van der Waals surface area contributed by atoms with Crippen LogP contribution < -0.4 is 4.74 Å². The molecule has 2 atom stereocenters. The van der Waals surface area contributed by atoms with Crippen LogP contribution >= 0.6 is 0 Å². The second kappa shape index (κ2) is 6.93. The van der Waals surface area contributed by atoms with E-state index in [1.807, 2.05) is 6.92 Å². The molecule has 0 radical (unpaired) electrons. The Kier molecular flexibility index (Phi) is 5.18. The summed E-state index contributed by atoms with van der Waals surface area (Å²) in [4.78, 5) is 25.0. The van der Waals surface area contributed by atoms with Crippen LogP contribution in [-0.4, -0.2) is 42.1 Å². The molecule has 0 aliphatic carbocycles. The summed E-state index contributed by atoms with van der Waals surface area (Å²) in [5.74, 6) is -5.04. The molecule has 0 saturated carbocycles. The first kappa shape index (κ1) is 17.2. The van der Waals surface area contributed by atoms with Crippen molar-refractivity contribution in [3.05, 3.63) is 29.3 Å². The molecule has 23 heavy (non-hydrogen) atoms. The lowest BCUT2D eigenvalue weighted by molar-refractivity contribution is -0.142. The van der Waals surface area contributed by atoms with Gasteiger partial charge in [-0.2, -0.15) is 0 Å². The van der Waals surface area contributed by atoms with Crippen LogP contribution in [0.25, 0.3) is 0 Å². The van der Waals surface area contributed by atoms with E-state index >= 15 is 0 Å². The van der Waals surface area contributed by atoms with Gasteiger partial charge in [0.05, 0.1) is 13.0 Å². The molecule has 1 saturated heterocycles. The van der Waals surface area contributed by atoms with E-state index in [0.717, 1.165) is 18.6 Å². The van der Waals surface area contributed by atoms with Gasteiger partial charge in [0.2, 0.25) is 0 Å². The molecule has 0 bridgehead atoms. The van der Waals surface area contributed by atoms with E-state index in [-0.39, 0.29) is 24.8 Å².